The fourth-order valence-corrected chi connectivity index (χ4v) is 4.35. The Morgan fingerprint density at radius 2 is 2.06 bits per heavy atom. The highest BCUT2D eigenvalue weighted by molar-refractivity contribution is 5.78. The standard InChI is InChI=1S/C21H19N9O/c1-28-11-16(18(13-31)27-28)17-12-29-19(2-5-24-29)20(26-17)15-9-25-30(10-15)21(3-4-22)6-14(7-21)8-23/h2,5,9-12,14,31H,3,6-7,13H2,1H3. The molecule has 0 aliphatic heterocycles. The second kappa shape index (κ2) is 7.04. The SMILES string of the molecule is Cn1cc(-c2cn3nccc3c(-c3cnn(C4(CC#N)CC(C#N)C4)c3)n2)c(CO)n1. The van der Waals surface area contributed by atoms with E-state index in [0.29, 0.717) is 36.3 Å². The largest absolute Gasteiger partial charge is 0.390 e. The van der Waals surface area contributed by atoms with Crippen LogP contribution in [0.1, 0.15) is 25.0 Å². The van der Waals surface area contributed by atoms with Gasteiger partial charge in [0.25, 0.3) is 0 Å². The van der Waals surface area contributed by atoms with Crippen molar-refractivity contribution in [2.24, 2.45) is 13.0 Å². The highest BCUT2D eigenvalue weighted by Crippen LogP contribution is 2.46. The van der Waals surface area contributed by atoms with Gasteiger partial charge in [-0.2, -0.15) is 25.8 Å². The molecule has 0 saturated heterocycles. The predicted octanol–water partition coefficient (Wildman–Crippen LogP) is 2.03. The summed E-state index contributed by atoms with van der Waals surface area (Å²) in [5, 5.41) is 41.4. The van der Waals surface area contributed by atoms with Crippen LogP contribution in [0, 0.1) is 28.6 Å². The monoisotopic (exact) mass is 413 g/mol. The van der Waals surface area contributed by atoms with Gasteiger partial charge in [-0.15, -0.1) is 0 Å². The van der Waals surface area contributed by atoms with Crippen molar-refractivity contribution < 1.29 is 5.11 Å². The molecule has 4 aromatic heterocycles. The van der Waals surface area contributed by atoms with Crippen molar-refractivity contribution in [1.82, 2.24) is 34.2 Å². The minimum absolute atomic E-state index is 0.0496. The maximum absolute atomic E-state index is 9.68. The topological polar surface area (TPSA) is 134 Å². The number of hydrogen-bond donors (Lipinski definition) is 1. The number of hydrogen-bond acceptors (Lipinski definition) is 7. The maximum Gasteiger partial charge on any atom is 0.0999 e. The molecular weight excluding hydrogens is 394 g/mol. The van der Waals surface area contributed by atoms with Crippen LogP contribution in [0.25, 0.3) is 28.0 Å². The molecule has 0 aromatic carbocycles. The second-order valence-electron chi connectivity index (χ2n) is 7.92. The summed E-state index contributed by atoms with van der Waals surface area (Å²) < 4.78 is 5.19. The molecule has 4 aromatic rings. The van der Waals surface area contributed by atoms with Crippen molar-refractivity contribution in [3.05, 3.63) is 42.7 Å². The Morgan fingerprint density at radius 3 is 2.81 bits per heavy atom. The van der Waals surface area contributed by atoms with Gasteiger partial charge in [-0.3, -0.25) is 9.36 Å². The van der Waals surface area contributed by atoms with Crippen LogP contribution in [0.4, 0.5) is 0 Å². The van der Waals surface area contributed by atoms with E-state index < -0.39 is 5.54 Å². The molecule has 0 spiro atoms. The average molecular weight is 413 g/mol. The van der Waals surface area contributed by atoms with E-state index in [9.17, 15) is 15.6 Å². The van der Waals surface area contributed by atoms with Crippen LogP contribution >= 0.6 is 0 Å². The van der Waals surface area contributed by atoms with E-state index in [-0.39, 0.29) is 12.5 Å². The zero-order valence-corrected chi connectivity index (χ0v) is 16.8. The molecule has 1 saturated carbocycles. The number of aliphatic hydroxyl groups excluding tert-OH is 1. The fraction of sp³-hybridized carbons (Fsp3) is 0.333. The number of aliphatic hydroxyl groups is 1. The molecule has 31 heavy (non-hydrogen) atoms. The molecular formula is C21H19N9O. The van der Waals surface area contributed by atoms with Gasteiger partial charge in [-0.25, -0.2) is 9.50 Å². The van der Waals surface area contributed by atoms with Crippen molar-refractivity contribution in [2.45, 2.75) is 31.4 Å². The molecule has 10 nitrogen and oxygen atoms in total. The van der Waals surface area contributed by atoms with Crippen LogP contribution in [0.3, 0.4) is 0 Å². The summed E-state index contributed by atoms with van der Waals surface area (Å²) in [7, 11) is 1.79. The van der Waals surface area contributed by atoms with Crippen molar-refractivity contribution in [2.75, 3.05) is 0 Å². The molecule has 1 aliphatic carbocycles. The molecule has 0 radical (unpaired) electrons. The summed E-state index contributed by atoms with van der Waals surface area (Å²) >= 11 is 0. The van der Waals surface area contributed by atoms with Gasteiger partial charge in [-0.05, 0) is 18.9 Å². The van der Waals surface area contributed by atoms with Crippen molar-refractivity contribution in [3.8, 4) is 34.7 Å². The number of rotatable bonds is 5. The molecule has 0 amide bonds. The van der Waals surface area contributed by atoms with E-state index in [1.165, 1.54) is 0 Å². The number of fused-ring (bicyclic) bond motifs is 1. The van der Waals surface area contributed by atoms with Gasteiger partial charge >= 0.3 is 0 Å². The quantitative estimate of drug-likeness (QED) is 0.529. The lowest BCUT2D eigenvalue weighted by Gasteiger charge is -2.43. The summed E-state index contributed by atoms with van der Waals surface area (Å²) in [5.41, 5.74) is 3.75. The second-order valence-corrected chi connectivity index (χ2v) is 7.92. The van der Waals surface area contributed by atoms with Gasteiger partial charge in [0.15, 0.2) is 0 Å². The minimum Gasteiger partial charge on any atom is -0.390 e. The Morgan fingerprint density at radius 1 is 1.23 bits per heavy atom. The first-order valence-corrected chi connectivity index (χ1v) is 9.87. The smallest absolute Gasteiger partial charge is 0.0999 e. The summed E-state index contributed by atoms with van der Waals surface area (Å²) in [6, 6.07) is 6.39. The number of aromatic nitrogens is 7. The van der Waals surface area contributed by atoms with Crippen LogP contribution < -0.4 is 0 Å². The first-order valence-electron chi connectivity index (χ1n) is 9.87. The average Bonchev–Trinajstić information content (AvgIpc) is 3.48. The van der Waals surface area contributed by atoms with Crippen molar-refractivity contribution in [3.63, 3.8) is 0 Å². The third-order valence-corrected chi connectivity index (χ3v) is 5.91. The maximum atomic E-state index is 9.68. The van der Waals surface area contributed by atoms with Crippen LogP contribution in [0.15, 0.2) is 37.1 Å². The Labute approximate surface area is 177 Å². The van der Waals surface area contributed by atoms with E-state index in [0.717, 1.165) is 16.6 Å². The van der Waals surface area contributed by atoms with E-state index in [1.807, 2.05) is 23.1 Å². The van der Waals surface area contributed by atoms with Crippen LogP contribution in [0.5, 0.6) is 0 Å². The van der Waals surface area contributed by atoms with Gasteiger partial charge in [0.1, 0.15) is 0 Å². The highest BCUT2D eigenvalue weighted by atomic mass is 16.3. The third kappa shape index (κ3) is 2.97. The Balaban J connectivity index is 1.61. The number of aryl methyl sites for hydroxylation is 1. The molecule has 0 atom stereocenters. The lowest BCUT2D eigenvalue weighted by molar-refractivity contribution is 0.0882. The summed E-state index contributed by atoms with van der Waals surface area (Å²) in [6.07, 6.45) is 10.5. The van der Waals surface area contributed by atoms with Crippen LogP contribution in [0.2, 0.25) is 0 Å². The summed E-state index contributed by atoms with van der Waals surface area (Å²) in [6.45, 7) is -0.195. The molecule has 10 heteroatoms. The Bertz CT molecular complexity index is 1360. The molecule has 0 bridgehead atoms. The summed E-state index contributed by atoms with van der Waals surface area (Å²) in [4.78, 5) is 4.86. The first kappa shape index (κ1) is 19.0. The van der Waals surface area contributed by atoms with Gasteiger partial charge in [0, 0.05) is 30.6 Å². The number of nitrogens with zero attached hydrogens (tertiary/aromatic N) is 9. The lowest BCUT2D eigenvalue weighted by Crippen LogP contribution is -2.46. The van der Waals surface area contributed by atoms with Gasteiger partial charge in [0.2, 0.25) is 0 Å². The molecule has 1 fully saturated rings. The fourth-order valence-electron chi connectivity index (χ4n) is 4.35. The molecule has 1 N–H and O–H groups in total. The molecule has 1 aliphatic rings. The van der Waals surface area contributed by atoms with E-state index >= 15 is 0 Å². The zero-order valence-electron chi connectivity index (χ0n) is 16.8. The predicted molar refractivity (Wildman–Crippen MR) is 109 cm³/mol. The lowest BCUT2D eigenvalue weighted by atomic mass is 9.67. The molecule has 0 unspecified atom stereocenters. The summed E-state index contributed by atoms with van der Waals surface area (Å²) in [5.74, 6) is -0.0496. The van der Waals surface area contributed by atoms with Crippen molar-refractivity contribution >= 4 is 5.52 Å². The Kier molecular flexibility index (Phi) is 4.31. The van der Waals surface area contributed by atoms with E-state index in [1.54, 1.807) is 34.8 Å². The Hall–Kier alpha value is -4.02. The van der Waals surface area contributed by atoms with Crippen molar-refractivity contribution in [1.29, 1.82) is 10.5 Å². The van der Waals surface area contributed by atoms with Gasteiger partial charge < -0.3 is 5.11 Å². The normalized spacial score (nSPS) is 20.3. The third-order valence-electron chi connectivity index (χ3n) is 5.91. The van der Waals surface area contributed by atoms with Crippen LogP contribution in [-0.4, -0.2) is 39.3 Å². The molecule has 4 heterocycles. The zero-order chi connectivity index (χ0) is 21.6. The first-order chi connectivity index (χ1) is 15.1. The van der Waals surface area contributed by atoms with Gasteiger partial charge in [-0.1, -0.05) is 0 Å². The minimum atomic E-state index is -0.449. The highest BCUT2D eigenvalue weighted by Gasteiger charge is 2.46. The van der Waals surface area contributed by atoms with E-state index in [4.69, 9.17) is 4.98 Å². The van der Waals surface area contributed by atoms with Crippen LogP contribution in [-0.2, 0) is 19.2 Å². The van der Waals surface area contributed by atoms with Gasteiger partial charge in [0.05, 0.1) is 77.8 Å². The van der Waals surface area contributed by atoms with E-state index in [2.05, 4.69) is 27.4 Å². The molecule has 5 rings (SSSR count). The number of nitriles is 2. The molecule has 154 valence electrons.